The van der Waals surface area contributed by atoms with Gasteiger partial charge >= 0.3 is 5.69 Å². The van der Waals surface area contributed by atoms with E-state index in [2.05, 4.69) is 25.7 Å². The van der Waals surface area contributed by atoms with Gasteiger partial charge in [-0.25, -0.2) is 14.3 Å². The first-order chi connectivity index (χ1) is 12.6. The number of halogens is 1. The third-order valence-corrected chi connectivity index (χ3v) is 3.49. The number of anilines is 1. The van der Waals surface area contributed by atoms with Crippen molar-refractivity contribution in [3.05, 3.63) is 81.7 Å². The van der Waals surface area contributed by atoms with Gasteiger partial charge in [-0.1, -0.05) is 18.2 Å². The zero-order valence-corrected chi connectivity index (χ0v) is 13.9. The van der Waals surface area contributed by atoms with Gasteiger partial charge in [0.05, 0.1) is 6.21 Å². The molecule has 0 fully saturated rings. The van der Waals surface area contributed by atoms with Crippen LogP contribution in [-0.4, -0.2) is 21.4 Å². The quantitative estimate of drug-likeness (QED) is 0.525. The van der Waals surface area contributed by atoms with E-state index in [1.165, 1.54) is 6.07 Å². The largest absolute Gasteiger partial charge is 0.489 e. The molecule has 0 unspecified atom stereocenters. The lowest BCUT2D eigenvalue weighted by molar-refractivity contribution is 0.300. The molecular formula is C18H16FN5O2. The normalized spacial score (nSPS) is 10.8. The average molecular weight is 353 g/mol. The van der Waals surface area contributed by atoms with Crippen LogP contribution in [0.25, 0.3) is 0 Å². The van der Waals surface area contributed by atoms with E-state index >= 15 is 0 Å². The molecule has 0 spiro atoms. The number of rotatable bonds is 6. The average Bonchev–Trinajstić information content (AvgIpc) is 2.65. The molecule has 3 rings (SSSR count). The summed E-state index contributed by atoms with van der Waals surface area (Å²) in [5, 5.41) is 10.1. The minimum Gasteiger partial charge on any atom is -0.489 e. The molecule has 0 aliphatic carbocycles. The van der Waals surface area contributed by atoms with Crippen LogP contribution in [0.2, 0.25) is 0 Å². The number of aromatic nitrogens is 3. The van der Waals surface area contributed by atoms with E-state index in [4.69, 9.17) is 4.74 Å². The molecule has 7 nitrogen and oxygen atoms in total. The van der Waals surface area contributed by atoms with Gasteiger partial charge in [-0.2, -0.15) is 15.2 Å². The Kier molecular flexibility index (Phi) is 5.33. The van der Waals surface area contributed by atoms with Crippen LogP contribution >= 0.6 is 0 Å². The highest BCUT2D eigenvalue weighted by molar-refractivity contribution is 5.80. The van der Waals surface area contributed by atoms with Crippen molar-refractivity contribution < 1.29 is 9.13 Å². The smallest absolute Gasteiger partial charge is 0.363 e. The van der Waals surface area contributed by atoms with Gasteiger partial charge < -0.3 is 4.74 Å². The van der Waals surface area contributed by atoms with Crippen LogP contribution in [0, 0.1) is 12.7 Å². The van der Waals surface area contributed by atoms with E-state index in [9.17, 15) is 9.18 Å². The van der Waals surface area contributed by atoms with Gasteiger partial charge in [0.15, 0.2) is 5.82 Å². The summed E-state index contributed by atoms with van der Waals surface area (Å²) in [6.07, 6.45) is 1.57. The van der Waals surface area contributed by atoms with Gasteiger partial charge in [-0.05, 0) is 42.8 Å². The molecule has 1 aromatic heterocycles. The third kappa shape index (κ3) is 4.50. The van der Waals surface area contributed by atoms with Gasteiger partial charge in [0, 0.05) is 5.56 Å². The molecule has 0 aliphatic rings. The Labute approximate surface area is 148 Å². The highest BCUT2D eigenvalue weighted by Gasteiger charge is 2.02. The predicted molar refractivity (Wildman–Crippen MR) is 95.8 cm³/mol. The fraction of sp³-hybridized carbons (Fsp3) is 0.111. The van der Waals surface area contributed by atoms with Crippen LogP contribution in [0.5, 0.6) is 5.75 Å². The number of hydrogen-bond donors (Lipinski definition) is 2. The summed E-state index contributed by atoms with van der Waals surface area (Å²) in [5.74, 6) is 0.616. The second-order valence-electron chi connectivity index (χ2n) is 5.39. The summed E-state index contributed by atoms with van der Waals surface area (Å²) in [7, 11) is 0. The summed E-state index contributed by atoms with van der Waals surface area (Å²) in [6.45, 7) is 1.85. The first kappa shape index (κ1) is 17.3. The van der Waals surface area contributed by atoms with Gasteiger partial charge in [0.25, 0.3) is 0 Å². The van der Waals surface area contributed by atoms with E-state index in [1.54, 1.807) is 55.6 Å². The van der Waals surface area contributed by atoms with Crippen LogP contribution in [0.4, 0.5) is 10.2 Å². The topological polar surface area (TPSA) is 92.3 Å². The molecule has 0 atom stereocenters. The number of aromatic amines is 1. The fourth-order valence-corrected chi connectivity index (χ4v) is 2.09. The molecule has 8 heteroatoms. The monoisotopic (exact) mass is 353 g/mol. The maximum Gasteiger partial charge on any atom is 0.363 e. The molecule has 2 N–H and O–H groups in total. The van der Waals surface area contributed by atoms with Crippen molar-refractivity contribution in [3.8, 4) is 5.75 Å². The minimum atomic E-state index is -0.551. The first-order valence-electron chi connectivity index (χ1n) is 7.80. The van der Waals surface area contributed by atoms with E-state index < -0.39 is 5.69 Å². The number of H-pyrrole nitrogens is 1. The minimum absolute atomic E-state index is 0.155. The van der Waals surface area contributed by atoms with Crippen molar-refractivity contribution in [2.45, 2.75) is 13.5 Å². The Hall–Kier alpha value is -3.55. The van der Waals surface area contributed by atoms with E-state index in [-0.39, 0.29) is 18.2 Å². The number of hydrazone groups is 1. The molecule has 26 heavy (non-hydrogen) atoms. The summed E-state index contributed by atoms with van der Waals surface area (Å²) in [5.41, 5.74) is 3.96. The molecule has 1 heterocycles. The third-order valence-electron chi connectivity index (χ3n) is 3.49. The molecule has 0 aliphatic heterocycles. The highest BCUT2D eigenvalue weighted by Crippen LogP contribution is 2.15. The Morgan fingerprint density at radius 2 is 2.00 bits per heavy atom. The molecular weight excluding hydrogens is 337 g/mol. The molecule has 0 saturated heterocycles. The molecule has 132 valence electrons. The molecule has 0 amide bonds. The van der Waals surface area contributed by atoms with E-state index in [1.807, 2.05) is 0 Å². The number of benzene rings is 2. The summed E-state index contributed by atoms with van der Waals surface area (Å²) < 4.78 is 19.1. The molecule has 3 aromatic rings. The number of aryl methyl sites for hydroxylation is 1. The van der Waals surface area contributed by atoms with Gasteiger partial charge in [0.1, 0.15) is 23.9 Å². The number of nitrogens with zero attached hydrogens (tertiary/aromatic N) is 3. The van der Waals surface area contributed by atoms with Gasteiger partial charge in [0.2, 0.25) is 0 Å². The zero-order chi connectivity index (χ0) is 18.4. The Bertz CT molecular complexity index is 970. The van der Waals surface area contributed by atoms with E-state index in [0.717, 1.165) is 5.56 Å². The van der Waals surface area contributed by atoms with Gasteiger partial charge in [-0.3, -0.25) is 5.43 Å². The Morgan fingerprint density at radius 1 is 1.23 bits per heavy atom. The first-order valence-corrected chi connectivity index (χ1v) is 7.80. The van der Waals surface area contributed by atoms with Crippen molar-refractivity contribution >= 4 is 12.0 Å². The lowest BCUT2D eigenvalue weighted by Gasteiger charge is -2.07. The van der Waals surface area contributed by atoms with Gasteiger partial charge in [-0.15, -0.1) is 0 Å². The molecule has 2 aromatic carbocycles. The summed E-state index contributed by atoms with van der Waals surface area (Å²) in [4.78, 5) is 14.9. The standard InChI is InChI=1S/C18H16FN5O2/c1-12-17(21-18(25)24-22-12)23-20-10-13-6-8-15(9-7-13)26-11-14-4-2-3-5-16(14)19/h2-10H,11H2,1H3,(H2,21,23,24,25)/b20-10+. The number of nitrogens with one attached hydrogen (secondary N) is 2. The van der Waals surface area contributed by atoms with Crippen LogP contribution in [0.15, 0.2) is 58.4 Å². The van der Waals surface area contributed by atoms with Crippen LogP contribution in [0.1, 0.15) is 16.8 Å². The van der Waals surface area contributed by atoms with E-state index in [0.29, 0.717) is 17.0 Å². The van der Waals surface area contributed by atoms with Crippen molar-refractivity contribution in [2.75, 3.05) is 5.43 Å². The Balaban J connectivity index is 1.58. The molecule has 0 radical (unpaired) electrons. The molecule has 0 saturated carbocycles. The van der Waals surface area contributed by atoms with Crippen molar-refractivity contribution in [1.82, 2.24) is 15.2 Å². The lowest BCUT2D eigenvalue weighted by atomic mass is 10.2. The summed E-state index contributed by atoms with van der Waals surface area (Å²) in [6, 6.07) is 13.6. The highest BCUT2D eigenvalue weighted by atomic mass is 19.1. The zero-order valence-electron chi connectivity index (χ0n) is 13.9. The fourth-order valence-electron chi connectivity index (χ4n) is 2.09. The number of ether oxygens (including phenoxy) is 1. The van der Waals surface area contributed by atoms with Crippen molar-refractivity contribution in [1.29, 1.82) is 0 Å². The summed E-state index contributed by atoms with van der Waals surface area (Å²) >= 11 is 0. The second-order valence-corrected chi connectivity index (χ2v) is 5.39. The number of hydrogen-bond acceptors (Lipinski definition) is 6. The predicted octanol–water partition coefficient (Wildman–Crippen LogP) is 2.64. The van der Waals surface area contributed by atoms with Crippen LogP contribution in [0.3, 0.4) is 0 Å². The lowest BCUT2D eigenvalue weighted by Crippen LogP contribution is -2.15. The van der Waals surface area contributed by atoms with Crippen LogP contribution in [-0.2, 0) is 6.61 Å². The Morgan fingerprint density at radius 3 is 2.77 bits per heavy atom. The second kappa shape index (κ2) is 8.02. The van der Waals surface area contributed by atoms with Crippen LogP contribution < -0.4 is 15.9 Å². The van der Waals surface area contributed by atoms with Crippen molar-refractivity contribution in [2.24, 2.45) is 5.10 Å². The SMILES string of the molecule is Cc1n[nH]c(=O)nc1N/N=C/c1ccc(OCc2ccccc2F)cc1. The van der Waals surface area contributed by atoms with Crippen molar-refractivity contribution in [3.63, 3.8) is 0 Å². The maximum atomic E-state index is 13.6. The molecule has 0 bridgehead atoms. The maximum absolute atomic E-state index is 13.6.